The second-order valence-corrected chi connectivity index (χ2v) is 7.31. The average molecular weight is 339 g/mol. The summed E-state index contributed by atoms with van der Waals surface area (Å²) in [4.78, 5) is 11.8. The zero-order valence-electron chi connectivity index (χ0n) is 15.5. The summed E-state index contributed by atoms with van der Waals surface area (Å²) < 4.78 is 5.72. The lowest BCUT2D eigenvalue weighted by molar-refractivity contribution is -0.121. The van der Waals surface area contributed by atoms with E-state index >= 15 is 0 Å². The lowest BCUT2D eigenvalue weighted by Crippen LogP contribution is -2.25. The van der Waals surface area contributed by atoms with Gasteiger partial charge in [0, 0.05) is 13.0 Å². The smallest absolute Gasteiger partial charge is 0.220 e. The molecule has 1 amide bonds. The Hall–Kier alpha value is -2.29. The van der Waals surface area contributed by atoms with E-state index in [1.54, 1.807) is 0 Å². The molecule has 0 aliphatic rings. The van der Waals surface area contributed by atoms with Crippen molar-refractivity contribution >= 4 is 5.91 Å². The number of benzene rings is 2. The molecule has 2 rings (SSSR count). The molecule has 0 aliphatic heterocycles. The molecule has 0 spiro atoms. The van der Waals surface area contributed by atoms with Gasteiger partial charge in [0.15, 0.2) is 0 Å². The lowest BCUT2D eigenvalue weighted by Gasteiger charge is -2.19. The van der Waals surface area contributed by atoms with Crippen LogP contribution >= 0.6 is 0 Å². The zero-order chi connectivity index (χ0) is 18.1. The van der Waals surface area contributed by atoms with E-state index < -0.39 is 0 Å². The van der Waals surface area contributed by atoms with E-state index in [0.29, 0.717) is 19.6 Å². The Morgan fingerprint density at radius 1 is 1.00 bits per heavy atom. The molecule has 0 radical (unpaired) electrons. The van der Waals surface area contributed by atoms with Crippen molar-refractivity contribution in [2.45, 2.75) is 45.4 Å². The first-order chi connectivity index (χ1) is 11.9. The molecule has 2 aromatic carbocycles. The van der Waals surface area contributed by atoms with Crippen LogP contribution in [0.3, 0.4) is 0 Å². The Balaban J connectivity index is 1.60. The summed E-state index contributed by atoms with van der Waals surface area (Å²) in [6.45, 7) is 7.82. The summed E-state index contributed by atoms with van der Waals surface area (Å²) in [6, 6.07) is 18.4. The maximum atomic E-state index is 11.8. The van der Waals surface area contributed by atoms with Gasteiger partial charge in [0.25, 0.3) is 0 Å². The normalized spacial score (nSPS) is 11.2. The number of carbonyl (C=O) groups excluding carboxylic acids is 1. The Morgan fingerprint density at radius 3 is 2.32 bits per heavy atom. The van der Waals surface area contributed by atoms with E-state index in [-0.39, 0.29) is 11.3 Å². The van der Waals surface area contributed by atoms with Gasteiger partial charge in [-0.2, -0.15) is 0 Å². The molecule has 0 unspecified atom stereocenters. The Bertz CT molecular complexity index is 642. The maximum absolute atomic E-state index is 11.8. The molecule has 25 heavy (non-hydrogen) atoms. The minimum atomic E-state index is 0.0858. The Labute approximate surface area is 151 Å². The molecule has 0 saturated carbocycles. The summed E-state index contributed by atoms with van der Waals surface area (Å²) in [6.07, 6.45) is 2.08. The van der Waals surface area contributed by atoms with Gasteiger partial charge in [-0.1, -0.05) is 63.2 Å². The molecule has 2 aromatic rings. The van der Waals surface area contributed by atoms with E-state index in [1.165, 1.54) is 11.1 Å². The van der Waals surface area contributed by atoms with E-state index in [0.717, 1.165) is 18.6 Å². The van der Waals surface area contributed by atoms with Crippen molar-refractivity contribution in [1.29, 1.82) is 0 Å². The van der Waals surface area contributed by atoms with Gasteiger partial charge in [-0.15, -0.1) is 0 Å². The third kappa shape index (κ3) is 7.00. The average Bonchev–Trinajstić information content (AvgIpc) is 2.59. The van der Waals surface area contributed by atoms with Gasteiger partial charge in [-0.3, -0.25) is 4.79 Å². The van der Waals surface area contributed by atoms with Crippen LogP contribution in [-0.2, 0) is 16.6 Å². The van der Waals surface area contributed by atoms with Gasteiger partial charge < -0.3 is 10.1 Å². The third-order valence-electron chi connectivity index (χ3n) is 4.12. The first kappa shape index (κ1) is 19.0. The van der Waals surface area contributed by atoms with Gasteiger partial charge in [0.1, 0.15) is 5.75 Å². The highest BCUT2D eigenvalue weighted by atomic mass is 16.5. The van der Waals surface area contributed by atoms with Crippen molar-refractivity contribution in [2.75, 3.05) is 13.2 Å². The molecular weight excluding hydrogens is 310 g/mol. The molecule has 134 valence electrons. The summed E-state index contributed by atoms with van der Waals surface area (Å²) in [5, 5.41) is 2.96. The second kappa shape index (κ2) is 9.26. The van der Waals surface area contributed by atoms with Gasteiger partial charge in [0.05, 0.1) is 6.61 Å². The lowest BCUT2D eigenvalue weighted by atomic mass is 9.87. The molecule has 0 fully saturated rings. The zero-order valence-corrected chi connectivity index (χ0v) is 15.5. The van der Waals surface area contributed by atoms with Gasteiger partial charge in [-0.05, 0) is 41.5 Å². The van der Waals surface area contributed by atoms with Crippen molar-refractivity contribution in [1.82, 2.24) is 5.32 Å². The highest BCUT2D eigenvalue weighted by molar-refractivity contribution is 5.75. The van der Waals surface area contributed by atoms with Gasteiger partial charge in [0.2, 0.25) is 5.91 Å². The fourth-order valence-corrected chi connectivity index (χ4v) is 2.55. The maximum Gasteiger partial charge on any atom is 0.220 e. The van der Waals surface area contributed by atoms with Crippen LogP contribution in [0.25, 0.3) is 0 Å². The summed E-state index contributed by atoms with van der Waals surface area (Å²) in [5.41, 5.74) is 2.68. The number of carbonyl (C=O) groups is 1. The molecule has 0 heterocycles. The summed E-state index contributed by atoms with van der Waals surface area (Å²) >= 11 is 0. The number of hydrogen-bond donors (Lipinski definition) is 1. The van der Waals surface area contributed by atoms with Crippen molar-refractivity contribution in [2.24, 2.45) is 0 Å². The van der Waals surface area contributed by atoms with Crippen molar-refractivity contribution < 1.29 is 9.53 Å². The number of rotatable bonds is 8. The molecule has 0 aromatic heterocycles. The highest BCUT2D eigenvalue weighted by Crippen LogP contribution is 2.24. The van der Waals surface area contributed by atoms with E-state index in [1.807, 2.05) is 30.3 Å². The van der Waals surface area contributed by atoms with Crippen LogP contribution in [0.15, 0.2) is 54.6 Å². The van der Waals surface area contributed by atoms with Crippen LogP contribution < -0.4 is 10.1 Å². The fraction of sp³-hybridized carbons (Fsp3) is 0.409. The number of amides is 1. The van der Waals surface area contributed by atoms with E-state index in [4.69, 9.17) is 4.74 Å². The second-order valence-electron chi connectivity index (χ2n) is 7.31. The van der Waals surface area contributed by atoms with Crippen LogP contribution in [0.2, 0.25) is 0 Å². The fourth-order valence-electron chi connectivity index (χ4n) is 2.55. The molecule has 0 bridgehead atoms. The quantitative estimate of drug-likeness (QED) is 0.719. The van der Waals surface area contributed by atoms with Crippen LogP contribution in [-0.4, -0.2) is 19.1 Å². The molecule has 1 N–H and O–H groups in total. The highest BCUT2D eigenvalue weighted by Gasteiger charge is 2.12. The number of ether oxygens (including phenoxy) is 1. The van der Waals surface area contributed by atoms with Crippen LogP contribution in [0.4, 0.5) is 0 Å². The SMILES string of the molecule is CC(C)(C)c1ccc(OCCCC(=O)NCCc2ccccc2)cc1. The molecule has 3 heteroatoms. The molecule has 0 atom stereocenters. The van der Waals surface area contributed by atoms with E-state index in [2.05, 4.69) is 50.4 Å². The molecule has 0 aliphatic carbocycles. The van der Waals surface area contributed by atoms with Gasteiger partial charge >= 0.3 is 0 Å². The van der Waals surface area contributed by atoms with Crippen molar-refractivity contribution in [3.05, 3.63) is 65.7 Å². The van der Waals surface area contributed by atoms with Crippen molar-refractivity contribution in [3.8, 4) is 5.75 Å². The summed E-state index contributed by atoms with van der Waals surface area (Å²) in [5.74, 6) is 0.945. The largest absolute Gasteiger partial charge is 0.494 e. The molecular formula is C22H29NO2. The third-order valence-corrected chi connectivity index (χ3v) is 4.12. The number of nitrogens with one attached hydrogen (secondary N) is 1. The predicted octanol–water partition coefficient (Wildman–Crippen LogP) is 4.50. The van der Waals surface area contributed by atoms with Crippen molar-refractivity contribution in [3.63, 3.8) is 0 Å². The monoisotopic (exact) mass is 339 g/mol. The first-order valence-electron chi connectivity index (χ1n) is 8.99. The molecule has 3 nitrogen and oxygen atoms in total. The predicted molar refractivity (Wildman–Crippen MR) is 103 cm³/mol. The van der Waals surface area contributed by atoms with Crippen LogP contribution in [0.5, 0.6) is 5.75 Å². The number of hydrogen-bond acceptors (Lipinski definition) is 2. The minimum absolute atomic E-state index is 0.0858. The Morgan fingerprint density at radius 2 is 1.68 bits per heavy atom. The Kier molecular flexibility index (Phi) is 7.05. The first-order valence-corrected chi connectivity index (χ1v) is 8.99. The van der Waals surface area contributed by atoms with Crippen LogP contribution in [0, 0.1) is 0 Å². The summed E-state index contributed by atoms with van der Waals surface area (Å²) in [7, 11) is 0. The standard InChI is InChI=1S/C22H29NO2/c1-22(2,3)19-11-13-20(14-12-19)25-17-7-10-21(24)23-16-15-18-8-5-4-6-9-18/h4-6,8-9,11-14H,7,10,15-17H2,1-3H3,(H,23,24). The minimum Gasteiger partial charge on any atom is -0.494 e. The molecule has 0 saturated heterocycles. The van der Waals surface area contributed by atoms with E-state index in [9.17, 15) is 4.79 Å². The topological polar surface area (TPSA) is 38.3 Å². The van der Waals surface area contributed by atoms with Crippen LogP contribution in [0.1, 0.15) is 44.7 Å². The van der Waals surface area contributed by atoms with Gasteiger partial charge in [-0.25, -0.2) is 0 Å².